The summed E-state index contributed by atoms with van der Waals surface area (Å²) in [7, 11) is 0. The maximum absolute atomic E-state index is 6.63. The fraction of sp³-hybridized carbons (Fsp3) is 0. The molecule has 1 nitrogen and oxygen atoms in total. The van der Waals surface area contributed by atoms with Crippen LogP contribution in [-0.4, -0.2) is 0 Å². The molecule has 0 atom stereocenters. The van der Waals surface area contributed by atoms with E-state index in [0.717, 1.165) is 32.0 Å². The maximum atomic E-state index is 6.63. The highest BCUT2D eigenvalue weighted by Gasteiger charge is 2.19. The lowest BCUT2D eigenvalue weighted by atomic mass is 9.91. The van der Waals surface area contributed by atoms with E-state index in [9.17, 15) is 0 Å². The molecule has 0 saturated heterocycles. The van der Waals surface area contributed by atoms with Crippen LogP contribution >= 0.6 is 27.5 Å². The van der Waals surface area contributed by atoms with Crippen molar-refractivity contribution in [3.05, 3.63) is 94.4 Å². The van der Waals surface area contributed by atoms with E-state index in [0.29, 0.717) is 5.02 Å². The molecular formula is C26H14BrClO. The van der Waals surface area contributed by atoms with Gasteiger partial charge in [-0.3, -0.25) is 0 Å². The Hall–Kier alpha value is -2.81. The molecule has 1 aromatic heterocycles. The molecule has 0 saturated carbocycles. The molecule has 0 N–H and O–H groups in total. The van der Waals surface area contributed by atoms with Crippen LogP contribution in [0, 0.1) is 0 Å². The molecule has 6 rings (SSSR count). The highest BCUT2D eigenvalue weighted by atomic mass is 79.9. The predicted molar refractivity (Wildman–Crippen MR) is 127 cm³/mol. The molecule has 6 aromatic rings. The van der Waals surface area contributed by atoms with Crippen molar-refractivity contribution in [3.63, 3.8) is 0 Å². The minimum atomic E-state index is 0.708. The average Bonchev–Trinajstić information content (AvgIpc) is 3.16. The van der Waals surface area contributed by atoms with E-state index in [1.54, 1.807) is 0 Å². The van der Waals surface area contributed by atoms with Crippen molar-refractivity contribution in [1.82, 2.24) is 0 Å². The molecule has 0 aliphatic carbocycles. The molecule has 0 fully saturated rings. The fourth-order valence-electron chi connectivity index (χ4n) is 4.35. The van der Waals surface area contributed by atoms with Crippen LogP contribution in [0.2, 0.25) is 5.02 Å². The van der Waals surface area contributed by atoms with Gasteiger partial charge in [-0.2, -0.15) is 0 Å². The lowest BCUT2D eigenvalue weighted by Gasteiger charge is -2.15. The molecule has 0 spiro atoms. The molecule has 1 heterocycles. The Labute approximate surface area is 180 Å². The maximum Gasteiger partial charge on any atom is 0.144 e. The number of para-hydroxylation sites is 1. The minimum absolute atomic E-state index is 0.708. The van der Waals surface area contributed by atoms with Gasteiger partial charge in [0.1, 0.15) is 11.2 Å². The van der Waals surface area contributed by atoms with E-state index >= 15 is 0 Å². The second-order valence-corrected chi connectivity index (χ2v) is 8.38. The Balaban J connectivity index is 1.88. The summed E-state index contributed by atoms with van der Waals surface area (Å²) in [5.74, 6) is 0. The molecule has 29 heavy (non-hydrogen) atoms. The van der Waals surface area contributed by atoms with Crippen molar-refractivity contribution in [1.29, 1.82) is 0 Å². The van der Waals surface area contributed by atoms with Crippen LogP contribution in [0.1, 0.15) is 0 Å². The van der Waals surface area contributed by atoms with Crippen LogP contribution in [-0.2, 0) is 0 Å². The van der Waals surface area contributed by atoms with Crippen molar-refractivity contribution in [2.45, 2.75) is 0 Å². The van der Waals surface area contributed by atoms with Crippen LogP contribution in [0.15, 0.2) is 93.8 Å². The topological polar surface area (TPSA) is 13.1 Å². The average molecular weight is 458 g/mol. The molecule has 0 amide bonds. The summed E-state index contributed by atoms with van der Waals surface area (Å²) in [6.07, 6.45) is 0. The van der Waals surface area contributed by atoms with Gasteiger partial charge < -0.3 is 4.42 Å². The van der Waals surface area contributed by atoms with Crippen LogP contribution in [0.5, 0.6) is 0 Å². The SMILES string of the molecule is Clc1ccc(-c2c3ccccc3c(Br)c3ccccc23)c2oc3ccccc3c12. The molecule has 0 aliphatic heterocycles. The van der Waals surface area contributed by atoms with E-state index in [2.05, 4.69) is 76.6 Å². The number of furan rings is 1. The molecule has 0 radical (unpaired) electrons. The third kappa shape index (κ3) is 2.40. The first kappa shape index (κ1) is 17.1. The van der Waals surface area contributed by atoms with Crippen LogP contribution in [0.4, 0.5) is 0 Å². The van der Waals surface area contributed by atoms with Crippen molar-refractivity contribution in [3.8, 4) is 11.1 Å². The summed E-state index contributed by atoms with van der Waals surface area (Å²) < 4.78 is 7.46. The smallest absolute Gasteiger partial charge is 0.144 e. The fourth-order valence-corrected chi connectivity index (χ4v) is 5.29. The summed E-state index contributed by atoms with van der Waals surface area (Å²) in [6, 6.07) is 29.1. The number of hydrogen-bond acceptors (Lipinski definition) is 1. The largest absolute Gasteiger partial charge is 0.455 e. The summed E-state index contributed by atoms with van der Waals surface area (Å²) in [5.41, 5.74) is 3.90. The van der Waals surface area contributed by atoms with Gasteiger partial charge in [0.25, 0.3) is 0 Å². The second-order valence-electron chi connectivity index (χ2n) is 7.18. The minimum Gasteiger partial charge on any atom is -0.455 e. The third-order valence-electron chi connectivity index (χ3n) is 5.61. The normalized spacial score (nSPS) is 11.8. The van der Waals surface area contributed by atoms with Gasteiger partial charge in [-0.15, -0.1) is 0 Å². The summed E-state index contributed by atoms with van der Waals surface area (Å²) in [5, 5.41) is 7.44. The monoisotopic (exact) mass is 456 g/mol. The van der Waals surface area contributed by atoms with Crippen LogP contribution in [0.25, 0.3) is 54.6 Å². The number of fused-ring (bicyclic) bond motifs is 5. The molecule has 138 valence electrons. The van der Waals surface area contributed by atoms with Crippen molar-refractivity contribution >= 4 is 71.0 Å². The quantitative estimate of drug-likeness (QED) is 0.224. The van der Waals surface area contributed by atoms with E-state index in [-0.39, 0.29) is 0 Å². The van der Waals surface area contributed by atoms with Crippen molar-refractivity contribution in [2.24, 2.45) is 0 Å². The first-order valence-corrected chi connectivity index (χ1v) is 10.6. The molecule has 5 aromatic carbocycles. The highest BCUT2D eigenvalue weighted by molar-refractivity contribution is 9.10. The van der Waals surface area contributed by atoms with E-state index in [1.165, 1.54) is 27.1 Å². The van der Waals surface area contributed by atoms with Gasteiger partial charge in [-0.25, -0.2) is 0 Å². The van der Waals surface area contributed by atoms with E-state index in [4.69, 9.17) is 16.0 Å². The van der Waals surface area contributed by atoms with Gasteiger partial charge >= 0.3 is 0 Å². The zero-order chi connectivity index (χ0) is 19.5. The number of benzene rings is 5. The Bertz CT molecular complexity index is 1520. The molecular weight excluding hydrogens is 444 g/mol. The lowest BCUT2D eigenvalue weighted by Crippen LogP contribution is -1.88. The van der Waals surface area contributed by atoms with Crippen LogP contribution < -0.4 is 0 Å². The van der Waals surface area contributed by atoms with Crippen molar-refractivity contribution < 1.29 is 4.42 Å². The highest BCUT2D eigenvalue weighted by Crippen LogP contribution is 2.46. The summed E-state index contributed by atoms with van der Waals surface area (Å²) in [4.78, 5) is 0. The predicted octanol–water partition coefficient (Wildman–Crippen LogP) is 8.98. The van der Waals surface area contributed by atoms with Gasteiger partial charge in [-0.05, 0) is 55.7 Å². The van der Waals surface area contributed by atoms with Gasteiger partial charge in [0.15, 0.2) is 0 Å². The summed E-state index contributed by atoms with van der Waals surface area (Å²) in [6.45, 7) is 0. The van der Waals surface area contributed by atoms with Crippen LogP contribution in [0.3, 0.4) is 0 Å². The number of hydrogen-bond donors (Lipinski definition) is 0. The molecule has 0 unspecified atom stereocenters. The van der Waals surface area contributed by atoms with Gasteiger partial charge in [0.05, 0.1) is 5.02 Å². The first-order valence-electron chi connectivity index (χ1n) is 9.43. The summed E-state index contributed by atoms with van der Waals surface area (Å²) >= 11 is 10.5. The van der Waals surface area contributed by atoms with Gasteiger partial charge in [0.2, 0.25) is 0 Å². The van der Waals surface area contributed by atoms with E-state index < -0.39 is 0 Å². The number of rotatable bonds is 1. The first-order chi connectivity index (χ1) is 14.2. The number of halogens is 2. The Morgan fingerprint density at radius 3 is 1.83 bits per heavy atom. The van der Waals surface area contributed by atoms with Crippen molar-refractivity contribution in [2.75, 3.05) is 0 Å². The molecule has 0 bridgehead atoms. The third-order valence-corrected chi connectivity index (χ3v) is 6.78. The molecule has 3 heteroatoms. The van der Waals surface area contributed by atoms with E-state index in [1.807, 2.05) is 24.3 Å². The van der Waals surface area contributed by atoms with Gasteiger partial charge in [-0.1, -0.05) is 78.3 Å². The van der Waals surface area contributed by atoms with Gasteiger partial charge in [0, 0.05) is 26.4 Å². The zero-order valence-corrected chi connectivity index (χ0v) is 17.6. The standard InChI is InChI=1S/C26H14BrClO/c27-25-17-9-3-1-7-15(17)23(16-8-2-4-10-18(16)25)20-13-14-21(28)24-19-11-5-6-12-22(19)29-26(20)24/h1-14H. The lowest BCUT2D eigenvalue weighted by molar-refractivity contribution is 0.670. The molecule has 0 aliphatic rings. The Kier molecular flexibility index (Phi) is 3.74. The Morgan fingerprint density at radius 1 is 0.621 bits per heavy atom. The Morgan fingerprint density at radius 2 is 1.17 bits per heavy atom. The second kappa shape index (κ2) is 6.35. The zero-order valence-electron chi connectivity index (χ0n) is 15.2.